The fraction of sp³-hybridized carbons (Fsp3) is 0.333. The van der Waals surface area contributed by atoms with E-state index in [1.54, 1.807) is 6.07 Å². The Morgan fingerprint density at radius 2 is 2.14 bits per heavy atom. The van der Waals surface area contributed by atoms with Crippen molar-refractivity contribution < 1.29 is 14.7 Å². The second kappa shape index (κ2) is 4.70. The van der Waals surface area contributed by atoms with Crippen LogP contribution in [0.2, 0.25) is 0 Å². The minimum atomic E-state index is -0.940. The van der Waals surface area contributed by atoms with Crippen LogP contribution < -0.4 is 0 Å². The summed E-state index contributed by atoms with van der Waals surface area (Å²) in [5, 5.41) is 8.42. The van der Waals surface area contributed by atoms with Crippen LogP contribution in [-0.2, 0) is 4.79 Å². The van der Waals surface area contributed by atoms with Crippen LogP contribution in [0.1, 0.15) is 28.1 Å². The smallest absolute Gasteiger partial charge is 0.303 e. The zero-order valence-corrected chi connectivity index (χ0v) is 9.94. The first-order chi connectivity index (χ1) is 6.50. The van der Waals surface area contributed by atoms with Crippen molar-refractivity contribution in [1.29, 1.82) is 0 Å². The molecular weight excluding hydrogens is 268 g/mol. The normalized spacial score (nSPS) is 10.1. The summed E-state index contributed by atoms with van der Waals surface area (Å²) in [6.45, 7) is 1.85. The Morgan fingerprint density at radius 1 is 1.50 bits per heavy atom. The molecule has 0 fully saturated rings. The quantitative estimate of drug-likeness (QED) is 0.861. The highest BCUT2D eigenvalue weighted by molar-refractivity contribution is 9.11. The molecule has 0 atom stereocenters. The molecule has 0 aliphatic heterocycles. The SMILES string of the molecule is Cc1sc(Br)cc1C(=O)CCC(=O)O. The molecule has 0 bridgehead atoms. The number of carboxylic acid groups (broad SMARTS) is 1. The van der Waals surface area contributed by atoms with Gasteiger partial charge in [-0.2, -0.15) is 0 Å². The predicted octanol–water partition coefficient (Wildman–Crippen LogP) is 2.87. The van der Waals surface area contributed by atoms with E-state index in [9.17, 15) is 9.59 Å². The van der Waals surface area contributed by atoms with Gasteiger partial charge in [0.15, 0.2) is 5.78 Å². The second-order valence-electron chi connectivity index (χ2n) is 2.84. The predicted molar refractivity (Wildman–Crippen MR) is 58.0 cm³/mol. The van der Waals surface area contributed by atoms with Crippen LogP contribution in [-0.4, -0.2) is 16.9 Å². The van der Waals surface area contributed by atoms with Crippen molar-refractivity contribution in [2.75, 3.05) is 0 Å². The Morgan fingerprint density at radius 3 is 2.57 bits per heavy atom. The lowest BCUT2D eigenvalue weighted by Crippen LogP contribution is -2.03. The monoisotopic (exact) mass is 276 g/mol. The van der Waals surface area contributed by atoms with Gasteiger partial charge in [-0.25, -0.2) is 0 Å². The summed E-state index contributed by atoms with van der Waals surface area (Å²) in [5.74, 6) is -1.04. The molecule has 0 spiro atoms. The Hall–Kier alpha value is -0.680. The number of thiophene rings is 1. The van der Waals surface area contributed by atoms with Gasteiger partial charge in [0.2, 0.25) is 0 Å². The molecule has 1 aromatic heterocycles. The van der Waals surface area contributed by atoms with Gasteiger partial charge < -0.3 is 5.11 Å². The topological polar surface area (TPSA) is 54.4 Å². The fourth-order valence-corrected chi connectivity index (χ4v) is 2.79. The molecule has 0 aliphatic carbocycles. The fourth-order valence-electron chi connectivity index (χ4n) is 1.08. The highest BCUT2D eigenvalue weighted by Crippen LogP contribution is 2.27. The van der Waals surface area contributed by atoms with Crippen LogP contribution in [0.3, 0.4) is 0 Å². The van der Waals surface area contributed by atoms with Crippen molar-refractivity contribution in [3.8, 4) is 0 Å². The standard InChI is InChI=1S/C9H9BrO3S/c1-5-6(4-8(10)14-5)7(11)2-3-9(12)13/h4H,2-3H2,1H3,(H,12,13). The van der Waals surface area contributed by atoms with Gasteiger partial charge in [-0.3, -0.25) is 9.59 Å². The summed E-state index contributed by atoms with van der Waals surface area (Å²) in [6.07, 6.45) is -0.0366. The summed E-state index contributed by atoms with van der Waals surface area (Å²) in [4.78, 5) is 22.7. The van der Waals surface area contributed by atoms with Crippen LogP contribution >= 0.6 is 27.3 Å². The van der Waals surface area contributed by atoms with Crippen LogP contribution in [0.5, 0.6) is 0 Å². The zero-order valence-electron chi connectivity index (χ0n) is 7.54. The van der Waals surface area contributed by atoms with Gasteiger partial charge in [0.25, 0.3) is 0 Å². The molecule has 0 unspecified atom stereocenters. The number of aliphatic carboxylic acids is 1. The maximum absolute atomic E-state index is 11.5. The van der Waals surface area contributed by atoms with Crippen molar-refractivity contribution in [1.82, 2.24) is 0 Å². The molecule has 3 nitrogen and oxygen atoms in total. The minimum absolute atomic E-state index is 0.0688. The Kier molecular flexibility index (Phi) is 3.83. The Labute approximate surface area is 93.9 Å². The molecule has 1 aromatic rings. The molecule has 1 rings (SSSR count). The van der Waals surface area contributed by atoms with Gasteiger partial charge in [0.1, 0.15) is 0 Å². The lowest BCUT2D eigenvalue weighted by atomic mass is 10.1. The van der Waals surface area contributed by atoms with Crippen LogP contribution in [0.4, 0.5) is 0 Å². The highest BCUT2D eigenvalue weighted by atomic mass is 79.9. The van der Waals surface area contributed by atoms with Crippen molar-refractivity contribution in [3.63, 3.8) is 0 Å². The van der Waals surface area contributed by atoms with E-state index in [-0.39, 0.29) is 18.6 Å². The van der Waals surface area contributed by atoms with Gasteiger partial charge in [0, 0.05) is 16.9 Å². The van der Waals surface area contributed by atoms with E-state index >= 15 is 0 Å². The molecule has 1 heterocycles. The molecule has 76 valence electrons. The van der Waals surface area contributed by atoms with Gasteiger partial charge in [-0.05, 0) is 28.9 Å². The number of carbonyl (C=O) groups excluding carboxylic acids is 1. The molecule has 0 aliphatic rings. The number of aryl methyl sites for hydroxylation is 1. The largest absolute Gasteiger partial charge is 0.481 e. The average molecular weight is 277 g/mol. The van der Waals surface area contributed by atoms with Crippen LogP contribution in [0.15, 0.2) is 9.85 Å². The Balaban J connectivity index is 2.69. The molecule has 0 amide bonds. The van der Waals surface area contributed by atoms with E-state index in [0.29, 0.717) is 5.56 Å². The van der Waals surface area contributed by atoms with Gasteiger partial charge >= 0.3 is 5.97 Å². The number of hydrogen-bond donors (Lipinski definition) is 1. The maximum Gasteiger partial charge on any atom is 0.303 e. The molecular formula is C9H9BrO3S. The summed E-state index contributed by atoms with van der Waals surface area (Å²) in [7, 11) is 0. The number of carboxylic acids is 1. The molecule has 0 saturated heterocycles. The van der Waals surface area contributed by atoms with E-state index in [0.717, 1.165) is 8.66 Å². The lowest BCUT2D eigenvalue weighted by Gasteiger charge is -1.96. The van der Waals surface area contributed by atoms with Gasteiger partial charge in [-0.1, -0.05) is 0 Å². The van der Waals surface area contributed by atoms with Gasteiger partial charge in [0.05, 0.1) is 10.2 Å². The molecule has 1 N–H and O–H groups in total. The van der Waals surface area contributed by atoms with Crippen molar-refractivity contribution in [2.45, 2.75) is 19.8 Å². The van der Waals surface area contributed by atoms with Gasteiger partial charge in [-0.15, -0.1) is 11.3 Å². The van der Waals surface area contributed by atoms with Crippen LogP contribution in [0, 0.1) is 6.92 Å². The average Bonchev–Trinajstić information content (AvgIpc) is 2.41. The number of Topliss-reactive ketones (excluding diaryl/α,β-unsaturated/α-hetero) is 1. The number of carbonyl (C=O) groups is 2. The third-order valence-corrected chi connectivity index (χ3v) is 3.31. The molecule has 0 aromatic carbocycles. The van der Waals surface area contributed by atoms with Crippen molar-refractivity contribution in [2.24, 2.45) is 0 Å². The number of rotatable bonds is 4. The Bertz CT molecular complexity index is 370. The summed E-state index contributed by atoms with van der Waals surface area (Å²) < 4.78 is 0.897. The highest BCUT2D eigenvalue weighted by Gasteiger charge is 2.13. The molecule has 5 heteroatoms. The van der Waals surface area contributed by atoms with E-state index in [1.165, 1.54) is 11.3 Å². The minimum Gasteiger partial charge on any atom is -0.481 e. The number of halogens is 1. The first kappa shape index (κ1) is 11.4. The van der Waals surface area contributed by atoms with E-state index in [4.69, 9.17) is 5.11 Å². The zero-order chi connectivity index (χ0) is 10.7. The van der Waals surface area contributed by atoms with Crippen LogP contribution in [0.25, 0.3) is 0 Å². The van der Waals surface area contributed by atoms with Crippen molar-refractivity contribution in [3.05, 3.63) is 20.3 Å². The van der Waals surface area contributed by atoms with E-state index in [2.05, 4.69) is 15.9 Å². The van der Waals surface area contributed by atoms with Crippen molar-refractivity contribution >= 4 is 39.0 Å². The number of hydrogen-bond acceptors (Lipinski definition) is 3. The number of ketones is 1. The summed E-state index contributed by atoms with van der Waals surface area (Å²) in [5.41, 5.74) is 0.628. The molecule has 0 radical (unpaired) electrons. The third-order valence-electron chi connectivity index (χ3n) is 1.75. The first-order valence-corrected chi connectivity index (χ1v) is 5.62. The summed E-state index contributed by atoms with van der Waals surface area (Å²) in [6, 6.07) is 1.74. The second-order valence-corrected chi connectivity index (χ2v) is 5.47. The summed E-state index contributed by atoms with van der Waals surface area (Å²) >= 11 is 4.76. The van der Waals surface area contributed by atoms with E-state index < -0.39 is 5.97 Å². The van der Waals surface area contributed by atoms with E-state index in [1.807, 2.05) is 6.92 Å². The molecule has 14 heavy (non-hydrogen) atoms. The lowest BCUT2D eigenvalue weighted by molar-refractivity contribution is -0.136. The maximum atomic E-state index is 11.5. The third kappa shape index (κ3) is 2.92. The first-order valence-electron chi connectivity index (χ1n) is 4.01. The molecule has 0 saturated carbocycles.